The summed E-state index contributed by atoms with van der Waals surface area (Å²) in [4.78, 5) is 0. The molecule has 1 N–H and O–H groups in total. The fourth-order valence-electron chi connectivity index (χ4n) is 0.666. The number of hydrogen-bond acceptors (Lipinski definition) is 4. The van der Waals surface area contributed by atoms with Crippen molar-refractivity contribution >= 4 is 10.1 Å². The van der Waals surface area contributed by atoms with E-state index in [0.717, 1.165) is 12.3 Å². The second-order valence-electron chi connectivity index (χ2n) is 2.41. The summed E-state index contributed by atoms with van der Waals surface area (Å²) in [6.45, 7) is 0. The van der Waals surface area contributed by atoms with Crippen molar-refractivity contribution < 1.29 is 25.8 Å². The normalized spacial score (nSPS) is 16.6. The highest BCUT2D eigenvalue weighted by Gasteiger charge is 2.48. The first-order valence-corrected chi connectivity index (χ1v) is 5.04. The lowest BCUT2D eigenvalue weighted by molar-refractivity contribution is -0.0519. The van der Waals surface area contributed by atoms with Gasteiger partial charge in [-0.25, -0.2) is 0 Å². The monoisotopic (exact) mass is 241 g/mol. The Bertz CT molecular complexity index is 419. The van der Waals surface area contributed by atoms with Crippen LogP contribution in [0.15, 0.2) is 36.4 Å². The van der Waals surface area contributed by atoms with Gasteiger partial charge in [-0.15, -0.1) is 0 Å². The summed E-state index contributed by atoms with van der Waals surface area (Å²) in [6, 6.07) is 0. The third-order valence-electron chi connectivity index (χ3n) is 1.28. The van der Waals surface area contributed by atoms with Crippen LogP contribution in [0, 0.1) is 0 Å². The molecule has 1 aliphatic heterocycles. The van der Waals surface area contributed by atoms with Crippen molar-refractivity contribution in [2.45, 2.75) is 5.51 Å². The van der Waals surface area contributed by atoms with Gasteiger partial charge in [-0.1, -0.05) is 6.08 Å². The van der Waals surface area contributed by atoms with Gasteiger partial charge in [-0.3, -0.25) is 0 Å². The number of hydrogen-bond donors (Lipinski definition) is 1. The molecule has 15 heavy (non-hydrogen) atoms. The smallest absolute Gasteiger partial charge is 0.374 e. The van der Waals surface area contributed by atoms with E-state index in [1.165, 1.54) is 18.4 Å². The number of halogens is 3. The molecule has 0 radical (unpaired) electrons. The van der Waals surface area contributed by atoms with E-state index in [1.807, 2.05) is 0 Å². The maximum absolute atomic E-state index is 11.9. The van der Waals surface area contributed by atoms with Crippen LogP contribution in [0.25, 0.3) is 0 Å². The van der Waals surface area contributed by atoms with Gasteiger partial charge in [0.05, 0.1) is 0 Å². The number of allylic oxidation sites excluding steroid dienone is 3. The molecule has 0 saturated carbocycles. The van der Waals surface area contributed by atoms with Gasteiger partial charge in [0.1, 0.15) is 0 Å². The minimum atomic E-state index is -5.60. The molecular weight excluding hydrogens is 235 g/mol. The molecule has 1 heterocycles. The van der Waals surface area contributed by atoms with E-state index in [9.17, 15) is 21.6 Å². The summed E-state index contributed by atoms with van der Waals surface area (Å²) >= 11 is 0. The van der Waals surface area contributed by atoms with Crippen molar-refractivity contribution in [1.82, 2.24) is 5.32 Å². The Balaban J connectivity index is 2.84. The molecule has 0 aromatic rings. The average molecular weight is 241 g/mol. The standard InChI is InChI=1S/C7H6F3NO3S/c8-7(9,10)15(12,13)14-6-3-1-2-4-11-5-6/h1-5,11H. The van der Waals surface area contributed by atoms with E-state index >= 15 is 0 Å². The van der Waals surface area contributed by atoms with Crippen LogP contribution in [-0.4, -0.2) is 13.9 Å². The number of nitrogens with one attached hydrogen (secondary N) is 1. The minimum absolute atomic E-state index is 0.447. The molecule has 0 atom stereocenters. The van der Waals surface area contributed by atoms with Crippen LogP contribution in [0.1, 0.15) is 0 Å². The zero-order valence-corrected chi connectivity index (χ0v) is 7.97. The molecule has 0 aromatic carbocycles. The van der Waals surface area contributed by atoms with Gasteiger partial charge < -0.3 is 9.50 Å². The molecule has 84 valence electrons. The predicted molar refractivity (Wildman–Crippen MR) is 45.6 cm³/mol. The quantitative estimate of drug-likeness (QED) is 0.586. The Morgan fingerprint density at radius 1 is 1.27 bits per heavy atom. The fourth-order valence-corrected chi connectivity index (χ4v) is 1.12. The first-order chi connectivity index (χ1) is 6.83. The Morgan fingerprint density at radius 2 is 1.93 bits per heavy atom. The van der Waals surface area contributed by atoms with Gasteiger partial charge in [0.2, 0.25) is 0 Å². The van der Waals surface area contributed by atoms with E-state index in [0.29, 0.717) is 0 Å². The third-order valence-corrected chi connectivity index (χ3v) is 2.26. The van der Waals surface area contributed by atoms with Crippen LogP contribution in [0.5, 0.6) is 0 Å². The Labute approximate surface area is 83.8 Å². The second-order valence-corrected chi connectivity index (χ2v) is 3.95. The highest BCUT2D eigenvalue weighted by atomic mass is 32.2. The number of alkyl halides is 3. The van der Waals surface area contributed by atoms with E-state index in [-0.39, 0.29) is 0 Å². The van der Waals surface area contributed by atoms with Crippen LogP contribution in [0.3, 0.4) is 0 Å². The second kappa shape index (κ2) is 3.97. The molecule has 1 rings (SSSR count). The Morgan fingerprint density at radius 3 is 2.53 bits per heavy atom. The third kappa shape index (κ3) is 3.01. The molecule has 0 fully saturated rings. The minimum Gasteiger partial charge on any atom is -0.374 e. The highest BCUT2D eigenvalue weighted by molar-refractivity contribution is 7.87. The lowest BCUT2D eigenvalue weighted by Gasteiger charge is -2.09. The molecule has 8 heteroatoms. The van der Waals surface area contributed by atoms with Crippen LogP contribution in [0.2, 0.25) is 0 Å². The number of rotatable bonds is 2. The van der Waals surface area contributed by atoms with Gasteiger partial charge in [-0.05, 0) is 12.2 Å². The SMILES string of the molecule is O=S(=O)(OC1=CNC=CC=C1)C(F)(F)F. The average Bonchev–Trinajstić information content (AvgIpc) is 2.30. The van der Waals surface area contributed by atoms with Crippen molar-refractivity contribution in [3.63, 3.8) is 0 Å². The van der Waals surface area contributed by atoms with Crippen molar-refractivity contribution in [3.8, 4) is 0 Å². The summed E-state index contributed by atoms with van der Waals surface area (Å²) in [5, 5.41) is 2.41. The molecule has 1 aliphatic rings. The summed E-state index contributed by atoms with van der Waals surface area (Å²) in [5.41, 5.74) is -5.43. The zero-order valence-electron chi connectivity index (χ0n) is 7.15. The predicted octanol–water partition coefficient (Wildman–Crippen LogP) is 1.37. The molecule has 0 aliphatic carbocycles. The maximum atomic E-state index is 11.9. The lowest BCUT2D eigenvalue weighted by atomic mass is 10.4. The topological polar surface area (TPSA) is 55.4 Å². The van der Waals surface area contributed by atoms with E-state index in [4.69, 9.17) is 0 Å². The first kappa shape index (κ1) is 11.6. The van der Waals surface area contributed by atoms with Crippen LogP contribution in [-0.2, 0) is 14.3 Å². The molecule has 0 aromatic heterocycles. The van der Waals surface area contributed by atoms with E-state index in [1.54, 1.807) is 0 Å². The fraction of sp³-hybridized carbons (Fsp3) is 0.143. The first-order valence-electron chi connectivity index (χ1n) is 3.63. The summed E-state index contributed by atoms with van der Waals surface area (Å²) < 4.78 is 60.6. The van der Waals surface area contributed by atoms with Gasteiger partial charge >= 0.3 is 15.6 Å². The van der Waals surface area contributed by atoms with Crippen molar-refractivity contribution in [3.05, 3.63) is 36.4 Å². The van der Waals surface area contributed by atoms with Crippen LogP contribution >= 0.6 is 0 Å². The van der Waals surface area contributed by atoms with E-state index < -0.39 is 21.4 Å². The summed E-state index contributed by atoms with van der Waals surface area (Å²) in [7, 11) is -5.60. The van der Waals surface area contributed by atoms with E-state index in [2.05, 4.69) is 9.50 Å². The largest absolute Gasteiger partial charge is 0.534 e. The maximum Gasteiger partial charge on any atom is 0.534 e. The molecular formula is C7H6F3NO3S. The van der Waals surface area contributed by atoms with Gasteiger partial charge in [0.25, 0.3) is 0 Å². The van der Waals surface area contributed by atoms with Gasteiger partial charge in [-0.2, -0.15) is 21.6 Å². The summed E-state index contributed by atoms with van der Waals surface area (Å²) in [6.07, 6.45) is 6.26. The lowest BCUT2D eigenvalue weighted by Crippen LogP contribution is -2.25. The highest BCUT2D eigenvalue weighted by Crippen LogP contribution is 2.26. The molecule has 0 unspecified atom stereocenters. The Kier molecular flexibility index (Phi) is 3.08. The van der Waals surface area contributed by atoms with Crippen LogP contribution < -0.4 is 5.32 Å². The molecule has 0 bridgehead atoms. The molecule has 0 spiro atoms. The molecule has 4 nitrogen and oxygen atoms in total. The zero-order chi connectivity index (χ0) is 11.5. The van der Waals surface area contributed by atoms with Crippen LogP contribution in [0.4, 0.5) is 13.2 Å². The summed E-state index contributed by atoms with van der Waals surface area (Å²) in [5.74, 6) is -0.447. The molecule has 0 amide bonds. The van der Waals surface area contributed by atoms with Crippen molar-refractivity contribution in [2.24, 2.45) is 0 Å². The van der Waals surface area contributed by atoms with Crippen molar-refractivity contribution in [1.29, 1.82) is 0 Å². The molecule has 0 saturated heterocycles. The Hall–Kier alpha value is -1.44. The van der Waals surface area contributed by atoms with Gasteiger partial charge in [0, 0.05) is 12.4 Å². The van der Waals surface area contributed by atoms with Crippen molar-refractivity contribution in [2.75, 3.05) is 0 Å². The van der Waals surface area contributed by atoms with Gasteiger partial charge in [0.15, 0.2) is 5.76 Å².